The van der Waals surface area contributed by atoms with Crippen molar-refractivity contribution < 1.29 is 4.55 Å². The van der Waals surface area contributed by atoms with Crippen LogP contribution in [0.25, 0.3) is 10.3 Å². The van der Waals surface area contributed by atoms with Crippen LogP contribution in [0, 0.1) is 18.3 Å². The van der Waals surface area contributed by atoms with E-state index in [2.05, 4.69) is 16.0 Å². The highest BCUT2D eigenvalue weighted by molar-refractivity contribution is 7.92. The van der Waals surface area contributed by atoms with Gasteiger partial charge in [0.25, 0.3) is 0 Å². The second-order valence-electron chi connectivity index (χ2n) is 4.62. The van der Waals surface area contributed by atoms with Gasteiger partial charge in [-0.05, 0) is 31.9 Å². The summed E-state index contributed by atoms with van der Waals surface area (Å²) in [7, 11) is 0. The molecule has 0 bridgehead atoms. The Morgan fingerprint density at radius 1 is 1.50 bits per heavy atom. The molecule has 18 heavy (non-hydrogen) atoms. The van der Waals surface area contributed by atoms with E-state index in [4.69, 9.17) is 0 Å². The lowest BCUT2D eigenvalue weighted by Gasteiger charge is -2.17. The zero-order valence-corrected chi connectivity index (χ0v) is 12.3. The number of hydrogen-bond acceptors (Lipinski definition) is 5. The van der Waals surface area contributed by atoms with E-state index in [1.807, 2.05) is 20.8 Å². The number of nitriles is 1. The summed E-state index contributed by atoms with van der Waals surface area (Å²) in [6.07, 6.45) is 3.30. The van der Waals surface area contributed by atoms with E-state index in [1.165, 1.54) is 11.3 Å². The highest BCUT2D eigenvalue weighted by Crippen LogP contribution is 2.33. The van der Waals surface area contributed by atoms with Crippen LogP contribution in [0.4, 0.5) is 0 Å². The second-order valence-corrected chi connectivity index (χ2v) is 7.17. The Kier molecular flexibility index (Phi) is 3.32. The van der Waals surface area contributed by atoms with Crippen LogP contribution in [0.15, 0.2) is 10.5 Å². The first-order valence-corrected chi connectivity index (χ1v) is 7.75. The molecule has 0 aliphatic heterocycles. The van der Waals surface area contributed by atoms with Crippen LogP contribution < -0.4 is 0 Å². The zero-order valence-electron chi connectivity index (χ0n) is 10.6. The molecule has 0 saturated heterocycles. The number of aryl methyl sites for hydroxylation is 1. The number of fused-ring (bicyclic) bond motifs is 1. The standard InChI is InChI=1S/C12H13N3OS2/c1-7-8(12(2,3)6-13)5-14-10-9(7)17-11(15-10)18(4)16/h5H,1-4H3. The summed E-state index contributed by atoms with van der Waals surface area (Å²) in [5.41, 5.74) is 1.93. The molecule has 6 heteroatoms. The smallest absolute Gasteiger partial charge is 0.303 e. The van der Waals surface area contributed by atoms with Crippen LogP contribution in [0.2, 0.25) is 0 Å². The van der Waals surface area contributed by atoms with Crippen LogP contribution >= 0.6 is 11.3 Å². The van der Waals surface area contributed by atoms with E-state index in [9.17, 15) is 9.81 Å². The Hall–Kier alpha value is -1.16. The van der Waals surface area contributed by atoms with Gasteiger partial charge in [0.1, 0.15) is 6.26 Å². The molecule has 0 fully saturated rings. The van der Waals surface area contributed by atoms with E-state index >= 15 is 0 Å². The van der Waals surface area contributed by atoms with E-state index in [0.717, 1.165) is 15.8 Å². The normalized spacial score (nSPS) is 13.6. The van der Waals surface area contributed by atoms with E-state index in [0.29, 0.717) is 9.99 Å². The molecule has 0 radical (unpaired) electrons. The van der Waals surface area contributed by atoms with Gasteiger partial charge in [-0.1, -0.05) is 11.3 Å². The minimum Gasteiger partial charge on any atom is -0.610 e. The third-order valence-electron chi connectivity index (χ3n) is 2.85. The zero-order chi connectivity index (χ0) is 13.5. The fourth-order valence-electron chi connectivity index (χ4n) is 1.78. The van der Waals surface area contributed by atoms with Gasteiger partial charge in [-0.3, -0.25) is 0 Å². The number of rotatable bonds is 2. The maximum absolute atomic E-state index is 11.4. The van der Waals surface area contributed by atoms with Gasteiger partial charge in [0.15, 0.2) is 5.65 Å². The van der Waals surface area contributed by atoms with Crippen molar-refractivity contribution in [3.05, 3.63) is 17.3 Å². The Labute approximate surface area is 113 Å². The number of pyridine rings is 1. The van der Waals surface area contributed by atoms with Crippen LogP contribution in [0.5, 0.6) is 0 Å². The third-order valence-corrected chi connectivity index (χ3v) is 5.34. The molecule has 2 heterocycles. The number of aromatic nitrogens is 2. The average molecular weight is 279 g/mol. The number of nitrogens with zero attached hydrogens (tertiary/aromatic N) is 3. The van der Waals surface area contributed by atoms with Crippen molar-refractivity contribution in [2.75, 3.05) is 6.26 Å². The average Bonchev–Trinajstić information content (AvgIpc) is 2.74. The van der Waals surface area contributed by atoms with Gasteiger partial charge in [-0.15, -0.1) is 0 Å². The Bertz CT molecular complexity index is 641. The quantitative estimate of drug-likeness (QED) is 0.792. The third kappa shape index (κ3) is 2.09. The highest BCUT2D eigenvalue weighted by Gasteiger charge is 2.25. The molecule has 0 aromatic carbocycles. The van der Waals surface area contributed by atoms with Crippen molar-refractivity contribution in [3.63, 3.8) is 0 Å². The molecule has 0 saturated carbocycles. The molecule has 2 aromatic rings. The molecule has 0 aliphatic carbocycles. The predicted octanol–water partition coefficient (Wildman–Crippen LogP) is 2.54. The van der Waals surface area contributed by atoms with Gasteiger partial charge >= 0.3 is 4.34 Å². The Balaban J connectivity index is 2.69. The van der Waals surface area contributed by atoms with Gasteiger partial charge in [-0.2, -0.15) is 10.2 Å². The minimum absolute atomic E-state index is 0.576. The van der Waals surface area contributed by atoms with Crippen molar-refractivity contribution in [1.82, 2.24) is 9.97 Å². The van der Waals surface area contributed by atoms with Gasteiger partial charge in [0, 0.05) is 17.4 Å². The molecule has 0 N–H and O–H groups in total. The van der Waals surface area contributed by atoms with Crippen LogP contribution in [-0.4, -0.2) is 20.8 Å². The van der Waals surface area contributed by atoms with Gasteiger partial charge in [0.05, 0.1) is 16.2 Å². The molecule has 2 rings (SSSR count). The van der Waals surface area contributed by atoms with E-state index in [-0.39, 0.29) is 0 Å². The lowest BCUT2D eigenvalue weighted by Crippen LogP contribution is -2.16. The first kappa shape index (κ1) is 13.3. The monoisotopic (exact) mass is 279 g/mol. The molecule has 94 valence electrons. The maximum atomic E-state index is 11.4. The second kappa shape index (κ2) is 4.50. The molecule has 0 amide bonds. The summed E-state index contributed by atoms with van der Waals surface area (Å²) in [5.74, 6) is 0. The number of hydrogen-bond donors (Lipinski definition) is 0. The van der Waals surface area contributed by atoms with Gasteiger partial charge in [-0.25, -0.2) is 4.98 Å². The van der Waals surface area contributed by atoms with E-state index < -0.39 is 16.6 Å². The molecule has 0 aliphatic rings. The molecule has 1 atom stereocenters. The first-order valence-electron chi connectivity index (χ1n) is 5.38. The molecule has 2 aromatic heterocycles. The lowest BCUT2D eigenvalue weighted by atomic mass is 9.85. The summed E-state index contributed by atoms with van der Waals surface area (Å²) in [4.78, 5) is 8.52. The van der Waals surface area contributed by atoms with E-state index in [1.54, 1.807) is 12.5 Å². The Morgan fingerprint density at radius 2 is 2.17 bits per heavy atom. The highest BCUT2D eigenvalue weighted by atomic mass is 32.2. The summed E-state index contributed by atoms with van der Waals surface area (Å²) >= 11 is 0.293. The largest absolute Gasteiger partial charge is 0.610 e. The summed E-state index contributed by atoms with van der Waals surface area (Å²) in [6.45, 7) is 5.69. The van der Waals surface area contributed by atoms with Crippen molar-refractivity contribution in [2.45, 2.75) is 30.5 Å². The predicted molar refractivity (Wildman–Crippen MR) is 73.1 cm³/mol. The fraction of sp³-hybridized carbons (Fsp3) is 0.417. The Morgan fingerprint density at radius 3 is 2.72 bits per heavy atom. The van der Waals surface area contributed by atoms with Crippen molar-refractivity contribution in [3.8, 4) is 6.07 Å². The van der Waals surface area contributed by atoms with Gasteiger partial charge < -0.3 is 4.55 Å². The molecule has 0 spiro atoms. The van der Waals surface area contributed by atoms with Crippen molar-refractivity contribution >= 4 is 32.9 Å². The SMILES string of the molecule is Cc1c(C(C)(C)C#N)cnc2nc([S+](C)[O-])sc12. The molecular weight excluding hydrogens is 266 g/mol. The number of thiazole rings is 1. The lowest BCUT2D eigenvalue weighted by molar-refractivity contribution is 0.600. The molecular formula is C12H13N3OS2. The summed E-state index contributed by atoms with van der Waals surface area (Å²) < 4.78 is 12.9. The van der Waals surface area contributed by atoms with Crippen molar-refractivity contribution in [2.24, 2.45) is 0 Å². The maximum Gasteiger partial charge on any atom is 0.303 e. The summed E-state index contributed by atoms with van der Waals surface area (Å²) in [5, 5.41) is 9.20. The van der Waals surface area contributed by atoms with Crippen LogP contribution in [0.1, 0.15) is 25.0 Å². The van der Waals surface area contributed by atoms with Crippen molar-refractivity contribution in [1.29, 1.82) is 5.26 Å². The van der Waals surface area contributed by atoms with Gasteiger partial charge in [0.2, 0.25) is 0 Å². The summed E-state index contributed by atoms with van der Waals surface area (Å²) in [6, 6.07) is 2.28. The molecule has 4 nitrogen and oxygen atoms in total. The van der Waals surface area contributed by atoms with Crippen LogP contribution in [-0.2, 0) is 16.6 Å². The minimum atomic E-state index is -1.10. The van der Waals surface area contributed by atoms with Crippen LogP contribution in [0.3, 0.4) is 0 Å². The molecule has 1 unspecified atom stereocenters. The topological polar surface area (TPSA) is 72.6 Å². The first-order chi connectivity index (χ1) is 8.36. The fourth-order valence-corrected chi connectivity index (χ4v) is 3.48.